The van der Waals surface area contributed by atoms with E-state index in [1.54, 1.807) is 0 Å². The second-order valence-electron chi connectivity index (χ2n) is 13.0. The Labute approximate surface area is 286 Å². The number of hydrogen-bond acceptors (Lipinski definition) is 4. The Bertz CT molecular complexity index is 2920. The summed E-state index contributed by atoms with van der Waals surface area (Å²) in [6.45, 7) is 0. The third kappa shape index (κ3) is 4.01. The first-order valence-corrected chi connectivity index (χ1v) is 17.5. The van der Waals surface area contributed by atoms with Gasteiger partial charge in [-0.05, 0) is 72.8 Å². The highest BCUT2D eigenvalue weighted by Gasteiger charge is 2.27. The normalized spacial score (nSPS) is 15.1. The van der Waals surface area contributed by atoms with Crippen molar-refractivity contribution in [2.75, 3.05) is 0 Å². The van der Waals surface area contributed by atoms with Crippen LogP contribution >= 0.6 is 11.3 Å². The molecule has 0 fully saturated rings. The molecule has 1 aliphatic heterocycles. The minimum absolute atomic E-state index is 0.296. The lowest BCUT2D eigenvalue weighted by atomic mass is 9.98. The first kappa shape index (κ1) is 26.9. The predicted molar refractivity (Wildman–Crippen MR) is 208 cm³/mol. The van der Waals surface area contributed by atoms with Crippen molar-refractivity contribution in [1.29, 1.82) is 0 Å². The topological polar surface area (TPSA) is 36.8 Å². The maximum absolute atomic E-state index is 5.30. The Morgan fingerprint density at radius 2 is 1.20 bits per heavy atom. The molecule has 8 aromatic carbocycles. The summed E-state index contributed by atoms with van der Waals surface area (Å²) in [5, 5.41) is 13.7. The van der Waals surface area contributed by atoms with Crippen molar-refractivity contribution in [3.8, 4) is 22.3 Å². The van der Waals surface area contributed by atoms with Crippen LogP contribution in [-0.2, 0) is 0 Å². The number of amidine groups is 2. The van der Waals surface area contributed by atoms with E-state index in [0.717, 1.165) is 28.4 Å². The number of rotatable bonds is 3. The van der Waals surface area contributed by atoms with Gasteiger partial charge in [-0.1, -0.05) is 133 Å². The fraction of sp³-hybridized carbons (Fsp3) is 0.0222. The van der Waals surface area contributed by atoms with Crippen molar-refractivity contribution in [2.45, 2.75) is 6.17 Å². The molecule has 228 valence electrons. The maximum Gasteiger partial charge on any atom is 0.159 e. The van der Waals surface area contributed by atoms with Gasteiger partial charge >= 0.3 is 0 Å². The zero-order chi connectivity index (χ0) is 32.1. The standard InChI is InChI=1S/C45H27N3S/c1-3-10-29-24-31(20-18-26(29)8-1)43-46-44(32-21-19-27-9-2-4-11-30(27)25-32)48-45(47-43)37-16-7-17-38-40(37)36-23-22-34-33-14-5-12-28-13-6-15-35(39(28)33)41(34)42(36)49-38/h1-25,43H,(H,46,47,48). The summed E-state index contributed by atoms with van der Waals surface area (Å²) in [4.78, 5) is 10.6. The van der Waals surface area contributed by atoms with E-state index in [1.165, 1.54) is 74.7 Å². The van der Waals surface area contributed by atoms with Crippen molar-refractivity contribution in [2.24, 2.45) is 9.98 Å². The molecule has 0 radical (unpaired) electrons. The lowest BCUT2D eigenvalue weighted by Gasteiger charge is -2.24. The molecule has 11 rings (SSSR count). The minimum Gasteiger partial charge on any atom is -0.344 e. The first-order valence-electron chi connectivity index (χ1n) is 16.7. The first-order chi connectivity index (χ1) is 24.3. The van der Waals surface area contributed by atoms with Crippen molar-refractivity contribution >= 4 is 75.5 Å². The molecule has 2 heterocycles. The lowest BCUT2D eigenvalue weighted by Crippen LogP contribution is -2.33. The zero-order valence-corrected chi connectivity index (χ0v) is 27.1. The van der Waals surface area contributed by atoms with Gasteiger partial charge < -0.3 is 5.32 Å². The number of nitrogens with zero attached hydrogens (tertiary/aromatic N) is 2. The molecule has 0 saturated carbocycles. The third-order valence-corrected chi connectivity index (χ3v) is 11.4. The van der Waals surface area contributed by atoms with E-state index in [1.807, 2.05) is 11.3 Å². The predicted octanol–water partition coefficient (Wildman–Crippen LogP) is 11.7. The smallest absolute Gasteiger partial charge is 0.159 e. The Morgan fingerprint density at radius 3 is 2.04 bits per heavy atom. The molecule has 0 spiro atoms. The maximum atomic E-state index is 5.30. The van der Waals surface area contributed by atoms with E-state index in [4.69, 9.17) is 9.98 Å². The average Bonchev–Trinajstić information content (AvgIpc) is 3.71. The van der Waals surface area contributed by atoms with E-state index < -0.39 is 0 Å². The summed E-state index contributed by atoms with van der Waals surface area (Å²) in [7, 11) is 0. The molecule has 1 aromatic heterocycles. The summed E-state index contributed by atoms with van der Waals surface area (Å²) in [5.41, 5.74) is 8.54. The van der Waals surface area contributed by atoms with Crippen LogP contribution in [0.1, 0.15) is 22.9 Å². The SMILES string of the molecule is c1ccc2cc(C3=NC(c4ccc5ccccc5c4)NC(c4cccc5sc6c7c(ccc6c45)-c4cccc5cccc-7c45)=N3)ccc2c1. The van der Waals surface area contributed by atoms with Crippen LogP contribution in [-0.4, -0.2) is 11.7 Å². The highest BCUT2D eigenvalue weighted by molar-refractivity contribution is 7.26. The molecule has 1 N–H and O–H groups in total. The van der Waals surface area contributed by atoms with Crippen LogP contribution in [0, 0.1) is 0 Å². The molecule has 49 heavy (non-hydrogen) atoms. The van der Waals surface area contributed by atoms with Crippen molar-refractivity contribution in [3.05, 3.63) is 168 Å². The fourth-order valence-electron chi connectivity index (χ4n) is 7.94. The number of nitrogens with one attached hydrogen (secondary N) is 1. The van der Waals surface area contributed by atoms with Gasteiger partial charge in [0.15, 0.2) is 5.84 Å². The molecular formula is C45H27N3S. The number of hydrogen-bond donors (Lipinski definition) is 1. The molecule has 2 aliphatic rings. The number of benzene rings is 8. The number of aliphatic imine (C=N–C) groups is 2. The molecule has 3 nitrogen and oxygen atoms in total. The Morgan fingerprint density at radius 1 is 0.510 bits per heavy atom. The number of thiophene rings is 1. The monoisotopic (exact) mass is 641 g/mol. The minimum atomic E-state index is -0.296. The largest absolute Gasteiger partial charge is 0.344 e. The van der Waals surface area contributed by atoms with Gasteiger partial charge in [-0.2, -0.15) is 0 Å². The second kappa shape index (κ2) is 10.2. The van der Waals surface area contributed by atoms with Gasteiger partial charge in [0, 0.05) is 36.9 Å². The van der Waals surface area contributed by atoms with Crippen LogP contribution in [0.4, 0.5) is 0 Å². The summed E-state index contributed by atoms with van der Waals surface area (Å²) < 4.78 is 2.58. The van der Waals surface area contributed by atoms with Crippen LogP contribution < -0.4 is 5.32 Å². The molecule has 0 bridgehead atoms. The summed E-state index contributed by atoms with van der Waals surface area (Å²) in [6.07, 6.45) is -0.296. The second-order valence-corrected chi connectivity index (χ2v) is 14.0. The summed E-state index contributed by atoms with van der Waals surface area (Å²) in [5.74, 6) is 1.57. The molecule has 9 aromatic rings. The van der Waals surface area contributed by atoms with Crippen LogP contribution in [0.15, 0.2) is 162 Å². The van der Waals surface area contributed by atoms with Gasteiger partial charge in [-0.25, -0.2) is 9.98 Å². The Balaban J connectivity index is 1.12. The van der Waals surface area contributed by atoms with E-state index in [-0.39, 0.29) is 6.17 Å². The van der Waals surface area contributed by atoms with Crippen LogP contribution in [0.3, 0.4) is 0 Å². The van der Waals surface area contributed by atoms with Gasteiger partial charge in [0.05, 0.1) is 0 Å². The van der Waals surface area contributed by atoms with E-state index >= 15 is 0 Å². The highest BCUT2D eigenvalue weighted by atomic mass is 32.1. The van der Waals surface area contributed by atoms with E-state index in [2.05, 4.69) is 157 Å². The molecular weight excluding hydrogens is 615 g/mol. The summed E-state index contributed by atoms with van der Waals surface area (Å²) in [6, 6.07) is 54.8. The van der Waals surface area contributed by atoms with Crippen LogP contribution in [0.25, 0.3) is 74.7 Å². The van der Waals surface area contributed by atoms with Crippen LogP contribution in [0.5, 0.6) is 0 Å². The van der Waals surface area contributed by atoms with Gasteiger partial charge in [-0.3, -0.25) is 0 Å². The van der Waals surface area contributed by atoms with E-state index in [0.29, 0.717) is 0 Å². The van der Waals surface area contributed by atoms with Gasteiger partial charge in [0.25, 0.3) is 0 Å². The molecule has 1 atom stereocenters. The van der Waals surface area contributed by atoms with Crippen LogP contribution in [0.2, 0.25) is 0 Å². The molecule has 1 aliphatic carbocycles. The lowest BCUT2D eigenvalue weighted by molar-refractivity contribution is 0.675. The molecule has 1 unspecified atom stereocenters. The van der Waals surface area contributed by atoms with Gasteiger partial charge in [0.2, 0.25) is 0 Å². The van der Waals surface area contributed by atoms with Crippen molar-refractivity contribution in [3.63, 3.8) is 0 Å². The summed E-state index contributed by atoms with van der Waals surface area (Å²) >= 11 is 1.88. The third-order valence-electron chi connectivity index (χ3n) is 10.2. The quantitative estimate of drug-likeness (QED) is 0.205. The Hall–Kier alpha value is -6.10. The molecule has 0 amide bonds. The van der Waals surface area contributed by atoms with E-state index in [9.17, 15) is 0 Å². The highest BCUT2D eigenvalue weighted by Crippen LogP contribution is 2.53. The zero-order valence-electron chi connectivity index (χ0n) is 26.3. The Kier molecular flexibility index (Phi) is 5.60. The fourth-order valence-corrected chi connectivity index (χ4v) is 9.24. The van der Waals surface area contributed by atoms with Gasteiger partial charge in [0.1, 0.15) is 12.0 Å². The average molecular weight is 642 g/mol. The molecule has 4 heteroatoms. The van der Waals surface area contributed by atoms with Crippen molar-refractivity contribution in [1.82, 2.24) is 5.32 Å². The van der Waals surface area contributed by atoms with Crippen molar-refractivity contribution < 1.29 is 0 Å². The molecule has 0 saturated heterocycles. The number of fused-ring (bicyclic) bond motifs is 9. The van der Waals surface area contributed by atoms with Gasteiger partial charge in [-0.15, -0.1) is 11.3 Å².